The molecule has 4 aromatic rings. The lowest BCUT2D eigenvalue weighted by molar-refractivity contribution is -0.118. The molecule has 1 saturated carbocycles. The number of thioether (sulfide) groups is 1. The van der Waals surface area contributed by atoms with E-state index in [2.05, 4.69) is 39.4 Å². The third-order valence-corrected chi connectivity index (χ3v) is 9.35. The molecule has 0 saturated heterocycles. The Hall–Kier alpha value is -3.73. The molecule has 0 unspecified atom stereocenters. The van der Waals surface area contributed by atoms with Gasteiger partial charge in [0.25, 0.3) is 0 Å². The predicted octanol–water partition coefficient (Wildman–Crippen LogP) is 4.97. The molecule has 0 radical (unpaired) electrons. The van der Waals surface area contributed by atoms with E-state index in [0.29, 0.717) is 23.9 Å². The summed E-state index contributed by atoms with van der Waals surface area (Å²) in [5.74, 6) is 1.54. The van der Waals surface area contributed by atoms with Gasteiger partial charge in [-0.2, -0.15) is 16.9 Å². The number of carbonyl (C=O) groups is 1. The minimum absolute atomic E-state index is 0.0412. The lowest BCUT2D eigenvalue weighted by atomic mass is 9.66. The molecule has 1 amide bonds. The van der Waals surface area contributed by atoms with Crippen LogP contribution in [0.25, 0.3) is 17.1 Å². The van der Waals surface area contributed by atoms with Gasteiger partial charge in [0.2, 0.25) is 5.91 Å². The zero-order chi connectivity index (χ0) is 28.1. The van der Waals surface area contributed by atoms with Crippen LogP contribution >= 0.6 is 11.8 Å². The third-order valence-electron chi connectivity index (χ3n) is 8.40. The number of carbonyl (C=O) groups excluding carboxylic acids is 1. The van der Waals surface area contributed by atoms with E-state index in [-0.39, 0.29) is 28.5 Å². The van der Waals surface area contributed by atoms with Crippen molar-refractivity contribution in [1.82, 2.24) is 35.3 Å². The molecule has 1 aromatic carbocycles. The van der Waals surface area contributed by atoms with E-state index in [1.165, 1.54) is 25.1 Å². The molecule has 11 heteroatoms. The Balaban J connectivity index is 1.31. The van der Waals surface area contributed by atoms with Gasteiger partial charge in [0.1, 0.15) is 18.0 Å². The van der Waals surface area contributed by atoms with Crippen LogP contribution in [0.15, 0.2) is 48.8 Å². The van der Waals surface area contributed by atoms with Gasteiger partial charge in [-0.15, -0.1) is 10.2 Å². The molecule has 0 spiro atoms. The minimum atomic E-state index is -0.654. The van der Waals surface area contributed by atoms with Crippen LogP contribution in [0.1, 0.15) is 62.3 Å². The molecule has 6 rings (SSSR count). The van der Waals surface area contributed by atoms with Crippen LogP contribution in [-0.2, 0) is 16.0 Å². The Labute approximate surface area is 235 Å². The number of fused-ring (bicyclic) bond motifs is 5. The number of nitrogens with one attached hydrogen (secondary N) is 1. The van der Waals surface area contributed by atoms with Gasteiger partial charge in [-0.1, -0.05) is 26.0 Å². The Morgan fingerprint density at radius 1 is 1.15 bits per heavy atom. The molecule has 3 aromatic heterocycles. The van der Waals surface area contributed by atoms with Gasteiger partial charge in [0.05, 0.1) is 33.8 Å². The second kappa shape index (κ2) is 10.0. The zero-order valence-electron chi connectivity index (χ0n) is 22.5. The maximum absolute atomic E-state index is 14.6. The van der Waals surface area contributed by atoms with Crippen molar-refractivity contribution in [2.45, 2.75) is 50.7 Å². The van der Waals surface area contributed by atoms with Crippen molar-refractivity contribution in [3.8, 4) is 17.1 Å². The summed E-state index contributed by atoms with van der Waals surface area (Å²) in [6.07, 6.45) is 3.43. The van der Waals surface area contributed by atoms with Gasteiger partial charge in [-0.3, -0.25) is 4.79 Å². The number of pyridine rings is 1. The van der Waals surface area contributed by atoms with Crippen LogP contribution in [0.2, 0.25) is 0 Å². The first-order valence-electron chi connectivity index (χ1n) is 13.3. The molecule has 40 heavy (non-hydrogen) atoms. The number of hydrogen-bond acceptors (Lipinski definition) is 7. The lowest BCUT2D eigenvalue weighted by Gasteiger charge is -2.37. The largest absolute Gasteiger partial charge is 0.356 e. The van der Waals surface area contributed by atoms with Crippen molar-refractivity contribution >= 4 is 17.7 Å². The molecule has 1 fully saturated rings. The zero-order valence-corrected chi connectivity index (χ0v) is 23.3. The molecular weight excluding hydrogens is 532 g/mol. The lowest BCUT2D eigenvalue weighted by Crippen LogP contribution is -2.38. The van der Waals surface area contributed by atoms with Gasteiger partial charge in [-0.05, 0) is 60.1 Å². The Morgan fingerprint density at radius 2 is 1.93 bits per heavy atom. The van der Waals surface area contributed by atoms with Gasteiger partial charge < -0.3 is 5.32 Å². The van der Waals surface area contributed by atoms with E-state index >= 15 is 0 Å². The molecule has 3 heterocycles. The van der Waals surface area contributed by atoms with Gasteiger partial charge in [0.15, 0.2) is 11.6 Å². The van der Waals surface area contributed by atoms with Crippen molar-refractivity contribution in [2.24, 2.45) is 5.41 Å². The molecule has 2 aliphatic rings. The number of amides is 1. The highest BCUT2D eigenvalue weighted by Crippen LogP contribution is 2.69. The first-order valence-corrected chi connectivity index (χ1v) is 14.4. The number of halogens is 2. The molecule has 1 N–H and O–H groups in total. The first kappa shape index (κ1) is 26.5. The second-order valence-electron chi connectivity index (χ2n) is 10.9. The van der Waals surface area contributed by atoms with Gasteiger partial charge >= 0.3 is 0 Å². The average Bonchev–Trinajstić information content (AvgIpc) is 3.56. The smallest absolute Gasteiger partial charge is 0.216 e. The number of rotatable bonds is 8. The third kappa shape index (κ3) is 4.18. The topological polar surface area (TPSA) is 98.5 Å². The standard InChI is InChI=1S/C29H29F2N7OS/c1-17(39)32-12-13-40-15-24-33-16-38(37-24)25-9-5-8-23(34-25)29-11-10-19(28(29,2)3)18-14-22(35-36-27(18)29)26-20(30)6-4-7-21(26)31/h4-9,14,16,19H,10-13,15H2,1-3H3,(H,32,39)/t19-,29+/m0/s1. The highest BCUT2D eigenvalue weighted by Gasteiger charge is 2.65. The summed E-state index contributed by atoms with van der Waals surface area (Å²) < 4.78 is 30.8. The summed E-state index contributed by atoms with van der Waals surface area (Å²) in [4.78, 5) is 20.5. The number of benzene rings is 1. The quantitative estimate of drug-likeness (QED) is 0.303. The number of hydrogen-bond donors (Lipinski definition) is 1. The summed E-state index contributed by atoms with van der Waals surface area (Å²) in [7, 11) is 0. The summed E-state index contributed by atoms with van der Waals surface area (Å²) >= 11 is 1.65. The molecule has 0 aliphatic heterocycles. The molecule has 8 nitrogen and oxygen atoms in total. The van der Waals surface area contributed by atoms with Gasteiger partial charge in [0, 0.05) is 19.2 Å². The summed E-state index contributed by atoms with van der Waals surface area (Å²) in [6, 6.07) is 11.5. The Morgan fingerprint density at radius 3 is 2.70 bits per heavy atom. The molecule has 206 valence electrons. The van der Waals surface area contributed by atoms with E-state index in [1.54, 1.807) is 22.8 Å². The maximum Gasteiger partial charge on any atom is 0.216 e. The summed E-state index contributed by atoms with van der Waals surface area (Å²) in [5.41, 5.74) is 2.01. The highest BCUT2D eigenvalue weighted by atomic mass is 32.2. The minimum Gasteiger partial charge on any atom is -0.356 e. The predicted molar refractivity (Wildman–Crippen MR) is 148 cm³/mol. The number of nitrogens with zero attached hydrogens (tertiary/aromatic N) is 6. The van der Waals surface area contributed by atoms with E-state index in [4.69, 9.17) is 4.98 Å². The van der Waals surface area contributed by atoms with Crippen LogP contribution in [0.4, 0.5) is 8.78 Å². The van der Waals surface area contributed by atoms with Crippen molar-refractivity contribution in [3.05, 3.63) is 83.2 Å². The van der Waals surface area contributed by atoms with Crippen molar-refractivity contribution in [3.63, 3.8) is 0 Å². The van der Waals surface area contributed by atoms with Crippen molar-refractivity contribution in [2.75, 3.05) is 12.3 Å². The molecular formula is C29H29F2N7OS. The van der Waals surface area contributed by atoms with Crippen molar-refractivity contribution in [1.29, 1.82) is 0 Å². The van der Waals surface area contributed by atoms with Crippen LogP contribution in [0.5, 0.6) is 0 Å². The highest BCUT2D eigenvalue weighted by molar-refractivity contribution is 7.98. The Bertz CT molecular complexity index is 1590. The monoisotopic (exact) mass is 561 g/mol. The van der Waals surface area contributed by atoms with Crippen LogP contribution < -0.4 is 5.32 Å². The van der Waals surface area contributed by atoms with E-state index in [1.807, 2.05) is 24.3 Å². The first-order chi connectivity index (χ1) is 19.2. The van der Waals surface area contributed by atoms with Gasteiger partial charge in [-0.25, -0.2) is 23.4 Å². The summed E-state index contributed by atoms with van der Waals surface area (Å²) in [6.45, 7) is 6.54. The second-order valence-corrected chi connectivity index (χ2v) is 12.0. The van der Waals surface area contributed by atoms with Crippen LogP contribution in [0.3, 0.4) is 0 Å². The van der Waals surface area contributed by atoms with E-state index in [9.17, 15) is 13.6 Å². The normalized spacial score (nSPS) is 20.5. The fourth-order valence-corrected chi connectivity index (χ4v) is 7.19. The van der Waals surface area contributed by atoms with Crippen LogP contribution in [0, 0.1) is 17.0 Å². The summed E-state index contributed by atoms with van der Waals surface area (Å²) in [5, 5.41) is 16.3. The molecule has 2 bridgehead atoms. The maximum atomic E-state index is 14.6. The fraction of sp³-hybridized carbons (Fsp3) is 0.379. The average molecular weight is 562 g/mol. The molecule has 2 atom stereocenters. The van der Waals surface area contributed by atoms with E-state index < -0.39 is 17.0 Å². The van der Waals surface area contributed by atoms with Crippen LogP contribution in [-0.4, -0.2) is 48.2 Å². The number of aromatic nitrogens is 6. The fourth-order valence-electron chi connectivity index (χ4n) is 6.48. The van der Waals surface area contributed by atoms with Crippen molar-refractivity contribution < 1.29 is 13.6 Å². The Kier molecular flexibility index (Phi) is 6.64. The SMILES string of the molecule is CC(=O)NCCSCc1ncn(-c2cccc([C@]34CC[C@@H](c5cc(-c6c(F)cccc6F)nnc53)C4(C)C)n2)n1. The molecule has 2 aliphatic carbocycles. The van der Waals surface area contributed by atoms with E-state index in [0.717, 1.165) is 35.5 Å².